The molecule has 0 aromatic heterocycles. The summed E-state index contributed by atoms with van der Waals surface area (Å²) in [5.41, 5.74) is 6.87. The second-order valence-electron chi connectivity index (χ2n) is 6.54. The van der Waals surface area contributed by atoms with Crippen LogP contribution < -0.4 is 11.1 Å². The van der Waals surface area contributed by atoms with Crippen LogP contribution in [0.25, 0.3) is 0 Å². The summed E-state index contributed by atoms with van der Waals surface area (Å²) in [7, 11) is 3.85. The lowest BCUT2D eigenvalue weighted by atomic mass is 10.1. The molecule has 0 atom stereocenters. The molecule has 3 N–H and O–H groups in total. The van der Waals surface area contributed by atoms with E-state index in [2.05, 4.69) is 5.32 Å². The van der Waals surface area contributed by atoms with Crippen LogP contribution in [0.1, 0.15) is 21.5 Å². The Kier molecular flexibility index (Phi) is 7.31. The van der Waals surface area contributed by atoms with Gasteiger partial charge in [0.1, 0.15) is 5.82 Å². The van der Waals surface area contributed by atoms with Crippen LogP contribution in [0.15, 0.2) is 48.5 Å². The van der Waals surface area contributed by atoms with E-state index >= 15 is 0 Å². The Bertz CT molecular complexity index is 778. The van der Waals surface area contributed by atoms with Crippen LogP contribution >= 0.6 is 0 Å². The molecule has 2 rings (SSSR count). The van der Waals surface area contributed by atoms with E-state index in [1.165, 1.54) is 6.07 Å². The molecule has 0 fully saturated rings. The molecule has 0 spiro atoms. The zero-order chi connectivity index (χ0) is 19.8. The summed E-state index contributed by atoms with van der Waals surface area (Å²) in [5, 5.41) is 2.50. The average Bonchev–Trinajstić information content (AvgIpc) is 2.64. The van der Waals surface area contributed by atoms with E-state index in [9.17, 15) is 14.0 Å². The Hall–Kier alpha value is -2.93. The molecular formula is C20H25FN4O2. The topological polar surface area (TPSA) is 78.7 Å². The molecule has 0 saturated heterocycles. The number of likely N-dealkylation sites (N-methyl/N-ethyl adjacent to an activating group) is 1. The van der Waals surface area contributed by atoms with Crippen LogP contribution in [0, 0.1) is 5.82 Å². The van der Waals surface area contributed by atoms with Crippen molar-refractivity contribution in [3.8, 4) is 0 Å². The van der Waals surface area contributed by atoms with Crippen molar-refractivity contribution in [3.05, 3.63) is 71.0 Å². The predicted molar refractivity (Wildman–Crippen MR) is 103 cm³/mol. The lowest BCUT2D eigenvalue weighted by Crippen LogP contribution is -2.36. The summed E-state index contributed by atoms with van der Waals surface area (Å²) in [6.07, 6.45) is 0. The van der Waals surface area contributed by atoms with Crippen molar-refractivity contribution in [3.63, 3.8) is 0 Å². The van der Waals surface area contributed by atoms with Crippen LogP contribution in [0.5, 0.6) is 0 Å². The van der Waals surface area contributed by atoms with Crippen LogP contribution in [-0.4, -0.2) is 48.9 Å². The monoisotopic (exact) mass is 372 g/mol. The Morgan fingerprint density at radius 1 is 1.04 bits per heavy atom. The molecule has 2 aromatic carbocycles. The Labute approximate surface area is 158 Å². The van der Waals surface area contributed by atoms with E-state index in [1.54, 1.807) is 47.4 Å². The van der Waals surface area contributed by atoms with Crippen molar-refractivity contribution >= 4 is 11.9 Å². The highest BCUT2D eigenvalue weighted by Crippen LogP contribution is 2.14. The van der Waals surface area contributed by atoms with E-state index < -0.39 is 6.03 Å². The summed E-state index contributed by atoms with van der Waals surface area (Å²) in [5.74, 6) is -0.498. The lowest BCUT2D eigenvalue weighted by Gasteiger charge is -2.25. The van der Waals surface area contributed by atoms with Gasteiger partial charge in [-0.25, -0.2) is 9.18 Å². The molecule has 0 aliphatic heterocycles. The minimum atomic E-state index is -0.602. The van der Waals surface area contributed by atoms with Gasteiger partial charge in [0.05, 0.1) is 0 Å². The number of hydrogen-bond acceptors (Lipinski definition) is 3. The predicted octanol–water partition coefficient (Wildman–Crippen LogP) is 2.20. The fourth-order valence-corrected chi connectivity index (χ4v) is 2.54. The van der Waals surface area contributed by atoms with E-state index in [0.717, 1.165) is 5.56 Å². The molecule has 0 unspecified atom stereocenters. The molecule has 0 aliphatic rings. The number of hydrogen-bond donors (Lipinski definition) is 2. The van der Waals surface area contributed by atoms with Gasteiger partial charge < -0.3 is 20.9 Å². The second kappa shape index (κ2) is 9.68. The van der Waals surface area contributed by atoms with Crippen LogP contribution in [0.2, 0.25) is 0 Å². The number of nitrogens with one attached hydrogen (secondary N) is 1. The van der Waals surface area contributed by atoms with Crippen LogP contribution in [0.3, 0.4) is 0 Å². The third-order valence-corrected chi connectivity index (χ3v) is 4.09. The molecule has 27 heavy (non-hydrogen) atoms. The summed E-state index contributed by atoms with van der Waals surface area (Å²) < 4.78 is 14.0. The minimum Gasteiger partial charge on any atom is -0.352 e. The van der Waals surface area contributed by atoms with Gasteiger partial charge in [0, 0.05) is 37.3 Å². The number of halogens is 1. The van der Waals surface area contributed by atoms with Crippen molar-refractivity contribution in [1.82, 2.24) is 15.1 Å². The zero-order valence-electron chi connectivity index (χ0n) is 15.6. The Morgan fingerprint density at radius 3 is 2.30 bits per heavy atom. The highest BCUT2D eigenvalue weighted by atomic mass is 19.1. The van der Waals surface area contributed by atoms with Gasteiger partial charge in [0.15, 0.2) is 0 Å². The maximum atomic E-state index is 14.0. The van der Waals surface area contributed by atoms with Crippen molar-refractivity contribution in [1.29, 1.82) is 0 Å². The molecule has 7 heteroatoms. The zero-order valence-corrected chi connectivity index (χ0v) is 15.6. The molecule has 0 aliphatic carbocycles. The summed E-state index contributed by atoms with van der Waals surface area (Å²) in [6.45, 7) is 1.64. The van der Waals surface area contributed by atoms with E-state index in [-0.39, 0.29) is 18.3 Å². The van der Waals surface area contributed by atoms with Gasteiger partial charge in [0.2, 0.25) is 0 Å². The number of carbonyl (C=O) groups excluding carboxylic acids is 2. The first-order valence-corrected chi connectivity index (χ1v) is 8.66. The minimum absolute atomic E-state index is 0.172. The number of primary amides is 1. The molecule has 6 nitrogen and oxygen atoms in total. The normalized spacial score (nSPS) is 10.7. The van der Waals surface area contributed by atoms with E-state index in [0.29, 0.717) is 30.8 Å². The first-order chi connectivity index (χ1) is 12.9. The van der Waals surface area contributed by atoms with Crippen molar-refractivity contribution < 1.29 is 14.0 Å². The second-order valence-corrected chi connectivity index (χ2v) is 6.54. The van der Waals surface area contributed by atoms with Crippen molar-refractivity contribution in [2.75, 3.05) is 27.2 Å². The molecule has 0 saturated carbocycles. The molecule has 0 bridgehead atoms. The van der Waals surface area contributed by atoms with Crippen molar-refractivity contribution in [2.45, 2.75) is 13.1 Å². The fraction of sp³-hybridized carbons (Fsp3) is 0.300. The Morgan fingerprint density at radius 2 is 1.70 bits per heavy atom. The first kappa shape index (κ1) is 20.4. The molecule has 2 aromatic rings. The number of rotatable bonds is 8. The maximum Gasteiger partial charge on any atom is 0.312 e. The van der Waals surface area contributed by atoms with Crippen LogP contribution in [0.4, 0.5) is 9.18 Å². The third-order valence-electron chi connectivity index (χ3n) is 4.09. The Balaban J connectivity index is 2.14. The number of benzene rings is 2. The number of carbonyl (C=O) groups is 2. The van der Waals surface area contributed by atoms with E-state index in [1.807, 2.05) is 19.0 Å². The maximum absolute atomic E-state index is 14.0. The van der Waals surface area contributed by atoms with Gasteiger partial charge in [-0.15, -0.1) is 0 Å². The summed E-state index contributed by atoms with van der Waals surface area (Å²) in [4.78, 5) is 27.3. The van der Waals surface area contributed by atoms with Gasteiger partial charge in [-0.3, -0.25) is 4.79 Å². The van der Waals surface area contributed by atoms with Gasteiger partial charge >= 0.3 is 6.03 Å². The number of nitrogens with zero attached hydrogens (tertiary/aromatic N) is 2. The fourth-order valence-electron chi connectivity index (χ4n) is 2.54. The smallest absolute Gasteiger partial charge is 0.312 e. The molecule has 3 amide bonds. The molecule has 144 valence electrons. The largest absolute Gasteiger partial charge is 0.352 e. The highest BCUT2D eigenvalue weighted by Gasteiger charge is 2.18. The van der Waals surface area contributed by atoms with Crippen molar-refractivity contribution in [2.24, 2.45) is 5.73 Å². The molecule has 0 heterocycles. The van der Waals surface area contributed by atoms with Gasteiger partial charge in [0.25, 0.3) is 5.91 Å². The van der Waals surface area contributed by atoms with Gasteiger partial charge in [-0.1, -0.05) is 30.3 Å². The summed E-state index contributed by atoms with van der Waals surface area (Å²) in [6, 6.07) is 12.8. The van der Waals surface area contributed by atoms with E-state index in [4.69, 9.17) is 5.73 Å². The number of urea groups is 1. The van der Waals surface area contributed by atoms with Gasteiger partial charge in [-0.2, -0.15) is 0 Å². The lowest BCUT2D eigenvalue weighted by molar-refractivity contribution is 0.0730. The first-order valence-electron chi connectivity index (χ1n) is 8.66. The average molecular weight is 372 g/mol. The third kappa shape index (κ3) is 6.38. The summed E-state index contributed by atoms with van der Waals surface area (Å²) >= 11 is 0. The van der Waals surface area contributed by atoms with Gasteiger partial charge in [-0.05, 0) is 37.9 Å². The van der Waals surface area contributed by atoms with Crippen LogP contribution in [-0.2, 0) is 13.1 Å². The quantitative estimate of drug-likeness (QED) is 0.746. The SMILES string of the molecule is CN(C)CCN(Cc1ccccc1F)C(=O)c1ccc(CNC(N)=O)cc1. The molecule has 0 radical (unpaired) electrons. The number of nitrogens with two attached hydrogens (primary N) is 1. The standard InChI is InChI=1S/C20H25FN4O2/c1-24(2)11-12-25(14-17-5-3-4-6-18(17)21)19(26)16-9-7-15(8-10-16)13-23-20(22)27/h3-10H,11-14H2,1-2H3,(H3,22,23,27). The number of amides is 3. The molecular weight excluding hydrogens is 347 g/mol. The highest BCUT2D eigenvalue weighted by molar-refractivity contribution is 5.94.